The van der Waals surface area contributed by atoms with Gasteiger partial charge in [0, 0.05) is 51.4 Å². The van der Waals surface area contributed by atoms with E-state index in [4.69, 9.17) is 5.73 Å². The summed E-state index contributed by atoms with van der Waals surface area (Å²) in [5.74, 6) is -0.878. The van der Waals surface area contributed by atoms with Crippen molar-refractivity contribution in [3.05, 3.63) is 126 Å². The van der Waals surface area contributed by atoms with E-state index in [1.165, 1.54) is 15.9 Å². The highest BCUT2D eigenvalue weighted by Gasteiger charge is 2.34. The van der Waals surface area contributed by atoms with Crippen LogP contribution in [0.4, 0.5) is 0 Å². The van der Waals surface area contributed by atoms with Gasteiger partial charge in [-0.1, -0.05) is 78.9 Å². The van der Waals surface area contributed by atoms with Gasteiger partial charge in [0.25, 0.3) is 0 Å². The zero-order valence-electron chi connectivity index (χ0n) is 27.2. The zero-order valence-corrected chi connectivity index (χ0v) is 27.2. The Bertz CT molecular complexity index is 1630. The molecule has 0 unspecified atom stereocenters. The quantitative estimate of drug-likeness (QED) is 0.199. The summed E-state index contributed by atoms with van der Waals surface area (Å²) in [7, 11) is 3.29. The van der Waals surface area contributed by atoms with Gasteiger partial charge in [0.05, 0.1) is 0 Å². The molecule has 0 spiro atoms. The van der Waals surface area contributed by atoms with Crippen molar-refractivity contribution in [2.24, 2.45) is 5.73 Å². The van der Waals surface area contributed by atoms with Gasteiger partial charge < -0.3 is 20.9 Å². The lowest BCUT2D eigenvalue weighted by atomic mass is 9.98. The van der Waals surface area contributed by atoms with E-state index in [1.807, 2.05) is 98.8 Å². The molecule has 0 aliphatic heterocycles. The number of nitrogens with two attached hydrogens (primary N) is 1. The first-order valence-corrected chi connectivity index (χ1v) is 15.7. The van der Waals surface area contributed by atoms with Crippen LogP contribution in [0, 0.1) is 0 Å². The van der Waals surface area contributed by atoms with Gasteiger partial charge in [-0.2, -0.15) is 0 Å². The Morgan fingerprint density at radius 1 is 0.804 bits per heavy atom. The molecule has 0 aliphatic rings. The molecule has 0 bridgehead atoms. The Morgan fingerprint density at radius 2 is 1.46 bits per heavy atom. The maximum atomic E-state index is 14.4. The first-order chi connectivity index (χ1) is 22.0. The summed E-state index contributed by atoms with van der Waals surface area (Å²) in [5.41, 5.74) is 8.54. The minimum absolute atomic E-state index is 0.253. The van der Waals surface area contributed by atoms with Crippen molar-refractivity contribution in [2.45, 2.75) is 57.2 Å². The molecule has 3 aromatic carbocycles. The van der Waals surface area contributed by atoms with Gasteiger partial charge >= 0.3 is 0 Å². The van der Waals surface area contributed by atoms with E-state index in [0.29, 0.717) is 25.8 Å². The Morgan fingerprint density at radius 3 is 2.15 bits per heavy atom. The fourth-order valence-electron chi connectivity index (χ4n) is 5.34. The third-order valence-corrected chi connectivity index (χ3v) is 8.10. The molecule has 0 saturated heterocycles. The first-order valence-electron chi connectivity index (χ1n) is 15.7. The fraction of sp³-hybridized carbons (Fsp3) is 0.316. The number of aromatic nitrogens is 1. The molecular weight excluding hydrogens is 574 g/mol. The summed E-state index contributed by atoms with van der Waals surface area (Å²) < 4.78 is 0. The molecular formula is C38H45N5O3. The van der Waals surface area contributed by atoms with Crippen molar-refractivity contribution in [3.63, 3.8) is 0 Å². The van der Waals surface area contributed by atoms with Crippen LogP contribution in [0.25, 0.3) is 10.8 Å². The predicted octanol–water partition coefficient (Wildman–Crippen LogP) is 4.72. The Kier molecular flexibility index (Phi) is 11.8. The number of rotatable bonds is 14. The summed E-state index contributed by atoms with van der Waals surface area (Å²) >= 11 is 0. The highest BCUT2D eigenvalue weighted by molar-refractivity contribution is 5.95. The van der Waals surface area contributed by atoms with Gasteiger partial charge in [0.1, 0.15) is 12.1 Å². The van der Waals surface area contributed by atoms with Gasteiger partial charge in [0.2, 0.25) is 17.7 Å². The fourth-order valence-corrected chi connectivity index (χ4v) is 5.34. The molecule has 0 radical (unpaired) electrons. The maximum Gasteiger partial charge on any atom is 0.246 e. The van der Waals surface area contributed by atoms with Crippen LogP contribution in [0.5, 0.6) is 0 Å². The van der Waals surface area contributed by atoms with Crippen LogP contribution in [-0.2, 0) is 33.6 Å². The second-order valence-corrected chi connectivity index (χ2v) is 12.5. The Balaban J connectivity index is 1.61. The SMILES string of the molecule is CN(C(=O)C=CCC(C)(C)N)[C@H](Cc1ccc2ccccc2c1)C(=O)N(C)[C@H](Cc1ccccc1)C(=O)NCCc1ccncc1. The highest BCUT2D eigenvalue weighted by Crippen LogP contribution is 2.20. The van der Waals surface area contributed by atoms with E-state index >= 15 is 0 Å². The highest BCUT2D eigenvalue weighted by atomic mass is 16.2. The molecule has 4 rings (SSSR count). The summed E-state index contributed by atoms with van der Waals surface area (Å²) in [6.07, 6.45) is 8.43. The van der Waals surface area contributed by atoms with Crippen LogP contribution in [0.3, 0.4) is 0 Å². The number of hydrogen-bond acceptors (Lipinski definition) is 5. The van der Waals surface area contributed by atoms with Crippen molar-refractivity contribution in [2.75, 3.05) is 20.6 Å². The van der Waals surface area contributed by atoms with E-state index < -0.39 is 17.6 Å². The van der Waals surface area contributed by atoms with Gasteiger partial charge in [-0.05, 0) is 72.4 Å². The number of fused-ring (bicyclic) bond motifs is 1. The molecule has 8 heteroatoms. The van der Waals surface area contributed by atoms with E-state index in [9.17, 15) is 14.4 Å². The number of amides is 3. The van der Waals surface area contributed by atoms with Crippen molar-refractivity contribution in [1.82, 2.24) is 20.1 Å². The van der Waals surface area contributed by atoms with Crippen LogP contribution in [-0.4, -0.2) is 70.8 Å². The molecule has 3 N–H and O–H groups in total. The number of carbonyl (C=O) groups is 3. The normalized spacial score (nSPS) is 12.9. The molecule has 8 nitrogen and oxygen atoms in total. The number of hydrogen-bond donors (Lipinski definition) is 2. The average Bonchev–Trinajstić information content (AvgIpc) is 3.05. The smallest absolute Gasteiger partial charge is 0.246 e. The summed E-state index contributed by atoms with van der Waals surface area (Å²) in [6, 6.07) is 25.9. The van der Waals surface area contributed by atoms with Crippen LogP contribution >= 0.6 is 0 Å². The molecule has 240 valence electrons. The second kappa shape index (κ2) is 16.0. The molecule has 0 saturated carbocycles. The number of nitrogens with zero attached hydrogens (tertiary/aromatic N) is 3. The van der Waals surface area contributed by atoms with E-state index in [-0.39, 0.29) is 24.1 Å². The van der Waals surface area contributed by atoms with Crippen molar-refractivity contribution < 1.29 is 14.4 Å². The predicted molar refractivity (Wildman–Crippen MR) is 184 cm³/mol. The third kappa shape index (κ3) is 9.84. The van der Waals surface area contributed by atoms with Gasteiger partial charge in [0.15, 0.2) is 0 Å². The molecule has 1 heterocycles. The molecule has 3 amide bonds. The first kappa shape index (κ1) is 34.1. The van der Waals surface area contributed by atoms with Gasteiger partial charge in [-0.25, -0.2) is 0 Å². The number of benzene rings is 3. The van der Waals surface area contributed by atoms with Crippen molar-refractivity contribution in [3.8, 4) is 0 Å². The lowest BCUT2D eigenvalue weighted by Crippen LogP contribution is -2.56. The minimum atomic E-state index is -0.850. The summed E-state index contributed by atoms with van der Waals surface area (Å²) in [5, 5.41) is 5.18. The zero-order chi connectivity index (χ0) is 33.1. The number of pyridine rings is 1. The lowest BCUT2D eigenvalue weighted by molar-refractivity contribution is -0.146. The summed E-state index contributed by atoms with van der Waals surface area (Å²) in [4.78, 5) is 48.6. The molecule has 0 aliphatic carbocycles. The maximum absolute atomic E-state index is 14.4. The van der Waals surface area contributed by atoms with E-state index in [1.54, 1.807) is 32.6 Å². The van der Waals surface area contributed by atoms with Crippen LogP contribution in [0.2, 0.25) is 0 Å². The number of nitrogens with one attached hydrogen (secondary N) is 1. The van der Waals surface area contributed by atoms with Gasteiger partial charge in [-0.3, -0.25) is 19.4 Å². The van der Waals surface area contributed by atoms with Crippen molar-refractivity contribution >= 4 is 28.5 Å². The van der Waals surface area contributed by atoms with E-state index in [2.05, 4.69) is 10.3 Å². The molecule has 1 aromatic heterocycles. The number of likely N-dealkylation sites (N-methyl/N-ethyl adjacent to an activating group) is 2. The molecule has 46 heavy (non-hydrogen) atoms. The Labute approximate surface area is 272 Å². The molecule has 0 fully saturated rings. The second-order valence-electron chi connectivity index (χ2n) is 12.5. The largest absolute Gasteiger partial charge is 0.354 e. The topological polar surface area (TPSA) is 109 Å². The summed E-state index contributed by atoms with van der Waals surface area (Å²) in [6.45, 7) is 4.19. The minimum Gasteiger partial charge on any atom is -0.354 e. The molecule has 4 aromatic rings. The van der Waals surface area contributed by atoms with Crippen molar-refractivity contribution in [1.29, 1.82) is 0 Å². The standard InChI is InChI=1S/C38H45N5O3/c1-38(2,39)21-10-15-35(44)42(3)34(27-30-16-17-31-13-8-9-14-32(31)25-30)37(46)43(4)33(26-29-11-6-5-7-12-29)36(45)41-24-20-28-18-22-40-23-19-28/h5-19,22-23,25,33-34H,20-21,24,26-27,39H2,1-4H3,(H,41,45)/t33-,34-/m1/s1. The van der Waals surface area contributed by atoms with Crippen LogP contribution < -0.4 is 11.1 Å². The monoisotopic (exact) mass is 619 g/mol. The third-order valence-electron chi connectivity index (χ3n) is 8.10. The molecule has 2 atom stereocenters. The van der Waals surface area contributed by atoms with E-state index in [0.717, 1.165) is 27.5 Å². The van der Waals surface area contributed by atoms with Crippen LogP contribution in [0.15, 0.2) is 109 Å². The Hall–Kier alpha value is -4.82. The van der Waals surface area contributed by atoms with Gasteiger partial charge in [-0.15, -0.1) is 0 Å². The average molecular weight is 620 g/mol. The number of carbonyl (C=O) groups excluding carboxylic acids is 3. The lowest BCUT2D eigenvalue weighted by Gasteiger charge is -2.34. The van der Waals surface area contributed by atoms with Crippen LogP contribution in [0.1, 0.15) is 37.0 Å².